The third-order valence-electron chi connectivity index (χ3n) is 2.11. The molecule has 0 saturated carbocycles. The van der Waals surface area contributed by atoms with Gasteiger partial charge >= 0.3 is 5.97 Å². The van der Waals surface area contributed by atoms with Crippen LogP contribution >= 0.6 is 7.51 Å². The summed E-state index contributed by atoms with van der Waals surface area (Å²) in [4.78, 5) is 14.9. The van der Waals surface area contributed by atoms with Crippen LogP contribution in [-0.4, -0.2) is 33.5 Å². The number of hydrogen-bond donors (Lipinski definition) is 0. The Morgan fingerprint density at radius 3 is 2.28 bits per heavy atom. The van der Waals surface area contributed by atoms with Crippen LogP contribution in [0.15, 0.2) is 40.3 Å². The summed E-state index contributed by atoms with van der Waals surface area (Å²) >= 11 is 0. The van der Waals surface area contributed by atoms with Gasteiger partial charge in [-0.1, -0.05) is 18.2 Å². The summed E-state index contributed by atoms with van der Waals surface area (Å²) < 4.78 is 15.1. The standard InChI is InChI=1S/C11H15N2O4P/c1-15-11(14)9-12-13-18(16-2,17-3)10-7-5-4-6-8-10/h4-9H,1-3H3/b12-9+. The number of esters is 1. The molecule has 0 aromatic heterocycles. The number of methoxy groups -OCH3 is 1. The van der Waals surface area contributed by atoms with E-state index in [2.05, 4.69) is 14.7 Å². The first-order valence-electron chi connectivity index (χ1n) is 5.08. The molecule has 1 aromatic rings. The zero-order valence-electron chi connectivity index (χ0n) is 10.4. The molecule has 7 heteroatoms. The Kier molecular flexibility index (Phi) is 5.71. The van der Waals surface area contributed by atoms with Crippen LogP contribution in [0.3, 0.4) is 0 Å². The molecule has 0 heterocycles. The molecule has 0 spiro atoms. The number of ether oxygens (including phenoxy) is 1. The fraction of sp³-hybridized carbons (Fsp3) is 0.273. The Labute approximate surface area is 106 Å². The number of benzene rings is 1. The van der Waals surface area contributed by atoms with Gasteiger partial charge in [0.15, 0.2) is 0 Å². The smallest absolute Gasteiger partial charge is 0.351 e. The molecule has 0 N–H and O–H groups in total. The first kappa shape index (κ1) is 14.6. The fourth-order valence-corrected chi connectivity index (χ4v) is 2.78. The summed E-state index contributed by atoms with van der Waals surface area (Å²) in [6, 6.07) is 9.24. The van der Waals surface area contributed by atoms with Crippen molar-refractivity contribution in [3.8, 4) is 0 Å². The topological polar surface area (TPSA) is 69.5 Å². The third-order valence-corrected chi connectivity index (χ3v) is 4.39. The van der Waals surface area contributed by atoms with Crippen LogP contribution in [0.2, 0.25) is 0 Å². The summed E-state index contributed by atoms with van der Waals surface area (Å²) in [6.45, 7) is 0. The van der Waals surface area contributed by atoms with Gasteiger partial charge in [-0.25, -0.2) is 4.79 Å². The number of carbonyl (C=O) groups is 1. The zero-order chi connectivity index (χ0) is 13.4. The van der Waals surface area contributed by atoms with Gasteiger partial charge in [0, 0.05) is 19.5 Å². The fourth-order valence-electron chi connectivity index (χ4n) is 1.22. The maximum atomic E-state index is 10.9. The van der Waals surface area contributed by atoms with Crippen LogP contribution in [0.1, 0.15) is 0 Å². The molecular formula is C11H15N2O4P. The largest absolute Gasteiger partial charge is 0.465 e. The predicted octanol–water partition coefficient (Wildman–Crippen LogP) is 1.79. The van der Waals surface area contributed by atoms with Crippen molar-refractivity contribution in [2.45, 2.75) is 0 Å². The lowest BCUT2D eigenvalue weighted by Crippen LogP contribution is -2.07. The van der Waals surface area contributed by atoms with Crippen molar-refractivity contribution in [2.24, 2.45) is 9.96 Å². The Balaban J connectivity index is 3.12. The molecule has 6 nitrogen and oxygen atoms in total. The van der Waals surface area contributed by atoms with Gasteiger partial charge in [0.2, 0.25) is 0 Å². The molecule has 98 valence electrons. The minimum Gasteiger partial charge on any atom is -0.465 e. The predicted molar refractivity (Wildman–Crippen MR) is 70.0 cm³/mol. The molecule has 0 saturated heterocycles. The van der Waals surface area contributed by atoms with E-state index in [1.807, 2.05) is 30.3 Å². The van der Waals surface area contributed by atoms with Crippen molar-refractivity contribution in [3.05, 3.63) is 30.3 Å². The van der Waals surface area contributed by atoms with Crippen LogP contribution in [0, 0.1) is 0 Å². The van der Waals surface area contributed by atoms with Gasteiger partial charge < -0.3 is 13.8 Å². The normalized spacial score (nSPS) is 11.5. The van der Waals surface area contributed by atoms with E-state index in [9.17, 15) is 4.79 Å². The van der Waals surface area contributed by atoms with E-state index in [-0.39, 0.29) is 0 Å². The van der Waals surface area contributed by atoms with Gasteiger partial charge in [-0.05, 0) is 12.1 Å². The molecule has 0 aliphatic carbocycles. The van der Waals surface area contributed by atoms with Gasteiger partial charge in [-0.3, -0.25) is 0 Å². The van der Waals surface area contributed by atoms with E-state index >= 15 is 0 Å². The van der Waals surface area contributed by atoms with Gasteiger partial charge in [0.25, 0.3) is 7.51 Å². The Morgan fingerprint density at radius 2 is 1.78 bits per heavy atom. The monoisotopic (exact) mass is 270 g/mol. The maximum Gasteiger partial charge on any atom is 0.351 e. The van der Waals surface area contributed by atoms with Gasteiger partial charge in [0.05, 0.1) is 7.11 Å². The van der Waals surface area contributed by atoms with E-state index in [4.69, 9.17) is 9.05 Å². The molecule has 18 heavy (non-hydrogen) atoms. The molecule has 0 amide bonds. The molecule has 0 aliphatic rings. The van der Waals surface area contributed by atoms with Gasteiger partial charge in [-0.15, -0.1) is 9.96 Å². The number of hydrogen-bond acceptors (Lipinski definition) is 5. The molecule has 0 aliphatic heterocycles. The lowest BCUT2D eigenvalue weighted by Gasteiger charge is -2.18. The Bertz CT molecular complexity index is 465. The summed E-state index contributed by atoms with van der Waals surface area (Å²) in [5.41, 5.74) is 0. The SMILES string of the molecule is COC(=O)/C=N/N=P(OC)(OC)c1ccccc1. The van der Waals surface area contributed by atoms with Crippen molar-refractivity contribution in [1.29, 1.82) is 0 Å². The van der Waals surface area contributed by atoms with Crippen molar-refractivity contribution >= 4 is 25.0 Å². The molecule has 0 atom stereocenters. The highest BCUT2D eigenvalue weighted by atomic mass is 31.2. The molecule has 1 aromatic carbocycles. The first-order valence-corrected chi connectivity index (χ1v) is 6.66. The van der Waals surface area contributed by atoms with Crippen molar-refractivity contribution < 1.29 is 18.6 Å². The quantitative estimate of drug-likeness (QED) is 0.354. The van der Waals surface area contributed by atoms with E-state index in [0.717, 1.165) is 11.5 Å². The summed E-state index contributed by atoms with van der Waals surface area (Å²) in [6.07, 6.45) is 0.968. The average Bonchev–Trinajstić information content (AvgIpc) is 2.44. The molecule has 1 rings (SSSR count). The second-order valence-corrected chi connectivity index (χ2v) is 5.54. The lowest BCUT2D eigenvalue weighted by atomic mass is 10.4. The lowest BCUT2D eigenvalue weighted by molar-refractivity contribution is -0.132. The second kappa shape index (κ2) is 7.06. The molecule has 0 bridgehead atoms. The Hall–Kier alpha value is -1.49. The first-order chi connectivity index (χ1) is 8.68. The van der Waals surface area contributed by atoms with E-state index in [1.165, 1.54) is 21.3 Å². The highest BCUT2D eigenvalue weighted by Gasteiger charge is 2.21. The van der Waals surface area contributed by atoms with Crippen LogP contribution in [0.4, 0.5) is 0 Å². The van der Waals surface area contributed by atoms with Crippen molar-refractivity contribution in [3.63, 3.8) is 0 Å². The van der Waals surface area contributed by atoms with E-state index < -0.39 is 13.5 Å². The molecular weight excluding hydrogens is 255 g/mol. The Morgan fingerprint density at radius 1 is 1.17 bits per heavy atom. The van der Waals surface area contributed by atoms with Crippen LogP contribution < -0.4 is 5.30 Å². The summed E-state index contributed by atoms with van der Waals surface area (Å²) in [5, 5.41) is 4.43. The maximum absolute atomic E-state index is 10.9. The number of nitrogens with zero attached hydrogens (tertiary/aromatic N) is 2. The summed E-state index contributed by atoms with van der Waals surface area (Å²) in [7, 11) is 1.58. The van der Waals surface area contributed by atoms with Crippen LogP contribution in [0.25, 0.3) is 0 Å². The molecule has 0 fully saturated rings. The van der Waals surface area contributed by atoms with Gasteiger partial charge in [-0.2, -0.15) is 0 Å². The average molecular weight is 270 g/mol. The van der Waals surface area contributed by atoms with Crippen molar-refractivity contribution in [1.82, 2.24) is 0 Å². The van der Waals surface area contributed by atoms with Crippen molar-refractivity contribution in [2.75, 3.05) is 21.3 Å². The zero-order valence-corrected chi connectivity index (χ0v) is 11.3. The minimum absolute atomic E-state index is 0.586. The minimum atomic E-state index is -2.66. The van der Waals surface area contributed by atoms with E-state index in [1.54, 1.807) is 0 Å². The number of rotatable bonds is 5. The van der Waals surface area contributed by atoms with Crippen LogP contribution in [-0.2, 0) is 18.6 Å². The highest BCUT2D eigenvalue weighted by Crippen LogP contribution is 2.49. The number of carbonyl (C=O) groups excluding carboxylic acids is 1. The highest BCUT2D eigenvalue weighted by molar-refractivity contribution is 7.64. The van der Waals surface area contributed by atoms with Gasteiger partial charge in [0.1, 0.15) is 6.21 Å². The van der Waals surface area contributed by atoms with E-state index in [0.29, 0.717) is 0 Å². The molecule has 0 unspecified atom stereocenters. The summed E-state index contributed by atoms with van der Waals surface area (Å²) in [5.74, 6) is -0.586. The second-order valence-electron chi connectivity index (χ2n) is 3.08. The van der Waals surface area contributed by atoms with Crippen LogP contribution in [0.5, 0.6) is 0 Å². The molecule has 0 radical (unpaired) electrons. The third kappa shape index (κ3) is 3.50.